The zero-order chi connectivity index (χ0) is 18.4. The second-order valence-corrected chi connectivity index (χ2v) is 6.16. The third kappa shape index (κ3) is 5.50. The lowest BCUT2D eigenvalue weighted by atomic mass is 10.1. The number of amides is 1. The Balaban J connectivity index is 1.87. The maximum atomic E-state index is 12.3. The summed E-state index contributed by atoms with van der Waals surface area (Å²) in [6.07, 6.45) is 0.646. The van der Waals surface area contributed by atoms with Gasteiger partial charge in [0.05, 0.1) is 10.6 Å². The van der Waals surface area contributed by atoms with E-state index in [1.54, 1.807) is 24.3 Å². The molecule has 2 aromatic rings. The molecule has 0 aliphatic carbocycles. The van der Waals surface area contributed by atoms with Gasteiger partial charge in [0.1, 0.15) is 5.75 Å². The maximum Gasteiger partial charge on any atom is 0.341 e. The lowest BCUT2D eigenvalue weighted by molar-refractivity contribution is -0.139. The number of carbonyl (C=O) groups is 2. The Hall–Kier alpha value is -2.53. The van der Waals surface area contributed by atoms with Crippen molar-refractivity contribution in [2.24, 2.45) is 0 Å². The van der Waals surface area contributed by atoms with Crippen molar-refractivity contribution in [2.75, 3.05) is 13.2 Å². The Morgan fingerprint density at radius 1 is 1.12 bits per heavy atom. The first-order valence-electron chi connectivity index (χ1n) is 7.85. The summed E-state index contributed by atoms with van der Waals surface area (Å²) in [6, 6.07) is 10.7. The Bertz CT molecular complexity index is 772. The predicted octanol–water partition coefficient (Wildman–Crippen LogP) is 3.39. The van der Waals surface area contributed by atoms with Crippen LogP contribution in [0.15, 0.2) is 36.4 Å². The van der Waals surface area contributed by atoms with Gasteiger partial charge < -0.3 is 15.2 Å². The fourth-order valence-corrected chi connectivity index (χ4v) is 2.57. The van der Waals surface area contributed by atoms with Crippen LogP contribution in [0, 0.1) is 13.8 Å². The van der Waals surface area contributed by atoms with Crippen LogP contribution in [0.4, 0.5) is 0 Å². The highest BCUT2D eigenvalue weighted by Gasteiger charge is 2.11. The van der Waals surface area contributed by atoms with Gasteiger partial charge in [-0.3, -0.25) is 4.79 Å². The molecule has 0 aliphatic rings. The zero-order valence-corrected chi connectivity index (χ0v) is 14.9. The van der Waals surface area contributed by atoms with Gasteiger partial charge in [-0.2, -0.15) is 0 Å². The van der Waals surface area contributed by atoms with Crippen molar-refractivity contribution < 1.29 is 19.4 Å². The van der Waals surface area contributed by atoms with Crippen LogP contribution >= 0.6 is 11.6 Å². The van der Waals surface area contributed by atoms with Gasteiger partial charge in [-0.1, -0.05) is 23.7 Å². The van der Waals surface area contributed by atoms with Crippen LogP contribution in [-0.4, -0.2) is 30.1 Å². The molecule has 0 heterocycles. The van der Waals surface area contributed by atoms with Crippen LogP contribution in [0.2, 0.25) is 5.02 Å². The molecular weight excluding hydrogens is 342 g/mol. The van der Waals surface area contributed by atoms with Crippen molar-refractivity contribution in [1.29, 1.82) is 0 Å². The number of nitrogens with one attached hydrogen (secondary N) is 1. The normalized spacial score (nSPS) is 10.4. The molecule has 5 nitrogen and oxygen atoms in total. The number of ether oxygens (including phenoxy) is 1. The van der Waals surface area contributed by atoms with Crippen LogP contribution in [-0.2, 0) is 11.2 Å². The van der Waals surface area contributed by atoms with Crippen molar-refractivity contribution in [3.05, 3.63) is 63.7 Å². The highest BCUT2D eigenvalue weighted by Crippen LogP contribution is 2.20. The van der Waals surface area contributed by atoms with Crippen LogP contribution in [0.1, 0.15) is 27.0 Å². The van der Waals surface area contributed by atoms with Crippen molar-refractivity contribution in [3.8, 4) is 5.75 Å². The number of aryl methyl sites for hydroxylation is 2. The number of benzene rings is 2. The molecule has 0 atom stereocenters. The van der Waals surface area contributed by atoms with Crippen molar-refractivity contribution >= 4 is 23.5 Å². The molecule has 0 aliphatic heterocycles. The van der Waals surface area contributed by atoms with E-state index in [0.29, 0.717) is 29.3 Å². The lowest BCUT2D eigenvalue weighted by Crippen LogP contribution is -2.26. The van der Waals surface area contributed by atoms with Gasteiger partial charge in [0, 0.05) is 6.54 Å². The smallest absolute Gasteiger partial charge is 0.341 e. The summed E-state index contributed by atoms with van der Waals surface area (Å²) in [5, 5.41) is 11.9. The number of aliphatic carboxylic acids is 1. The van der Waals surface area contributed by atoms with E-state index in [9.17, 15) is 9.59 Å². The number of hydrogen-bond donors (Lipinski definition) is 2. The monoisotopic (exact) mass is 361 g/mol. The first-order chi connectivity index (χ1) is 11.9. The minimum absolute atomic E-state index is 0.200. The second kappa shape index (κ2) is 8.53. The summed E-state index contributed by atoms with van der Waals surface area (Å²) in [7, 11) is 0. The van der Waals surface area contributed by atoms with Crippen molar-refractivity contribution in [2.45, 2.75) is 20.3 Å². The van der Waals surface area contributed by atoms with Gasteiger partial charge in [-0.15, -0.1) is 0 Å². The van der Waals surface area contributed by atoms with E-state index in [-0.39, 0.29) is 12.5 Å². The van der Waals surface area contributed by atoms with Crippen molar-refractivity contribution in [3.63, 3.8) is 0 Å². The van der Waals surface area contributed by atoms with Gasteiger partial charge in [0.2, 0.25) is 0 Å². The summed E-state index contributed by atoms with van der Waals surface area (Å²) < 4.78 is 5.07. The SMILES string of the molecule is Cc1cc(Cl)c(C(=O)NCCc2ccc(OCC(=O)O)cc2)cc1C. The molecule has 0 fully saturated rings. The Morgan fingerprint density at radius 3 is 2.40 bits per heavy atom. The Kier molecular flexibility index (Phi) is 6.42. The van der Waals surface area contributed by atoms with Gasteiger partial charge in [0.15, 0.2) is 6.61 Å². The fourth-order valence-electron chi connectivity index (χ4n) is 2.27. The largest absolute Gasteiger partial charge is 0.482 e. The average Bonchev–Trinajstić information content (AvgIpc) is 2.57. The topological polar surface area (TPSA) is 75.6 Å². The van der Waals surface area contributed by atoms with E-state index in [1.165, 1.54) is 0 Å². The van der Waals surface area contributed by atoms with E-state index < -0.39 is 5.97 Å². The quantitative estimate of drug-likeness (QED) is 0.792. The van der Waals surface area contributed by atoms with Crippen LogP contribution < -0.4 is 10.1 Å². The predicted molar refractivity (Wildman–Crippen MR) is 96.5 cm³/mol. The molecular formula is C19H20ClNO4. The molecule has 6 heteroatoms. The molecule has 2 rings (SSSR count). The summed E-state index contributed by atoms with van der Waals surface area (Å²) in [4.78, 5) is 22.7. The van der Waals surface area contributed by atoms with Crippen molar-refractivity contribution in [1.82, 2.24) is 5.32 Å². The summed E-state index contributed by atoms with van der Waals surface area (Å²) in [6.45, 7) is 3.99. The van der Waals surface area contributed by atoms with E-state index >= 15 is 0 Å². The van der Waals surface area contributed by atoms with Gasteiger partial charge in [-0.05, 0) is 61.2 Å². The number of halogens is 1. The van der Waals surface area contributed by atoms with Crippen LogP contribution in [0.5, 0.6) is 5.75 Å². The number of hydrogen-bond acceptors (Lipinski definition) is 3. The third-order valence-electron chi connectivity index (χ3n) is 3.81. The van der Waals surface area contributed by atoms with E-state index in [4.69, 9.17) is 21.4 Å². The van der Waals surface area contributed by atoms with Gasteiger partial charge in [0.25, 0.3) is 5.91 Å². The average molecular weight is 362 g/mol. The van der Waals surface area contributed by atoms with Gasteiger partial charge >= 0.3 is 5.97 Å². The number of carbonyl (C=O) groups excluding carboxylic acids is 1. The lowest BCUT2D eigenvalue weighted by Gasteiger charge is -2.10. The third-order valence-corrected chi connectivity index (χ3v) is 4.13. The summed E-state index contributed by atoms with van der Waals surface area (Å²) in [5.74, 6) is -0.719. The number of rotatable bonds is 7. The highest BCUT2D eigenvalue weighted by molar-refractivity contribution is 6.34. The maximum absolute atomic E-state index is 12.3. The Labute approximate surface area is 151 Å². The molecule has 1 amide bonds. The summed E-state index contributed by atoms with van der Waals surface area (Å²) >= 11 is 6.15. The number of carboxylic acid groups (broad SMARTS) is 1. The highest BCUT2D eigenvalue weighted by atomic mass is 35.5. The van der Waals surface area contributed by atoms with Crippen LogP contribution in [0.3, 0.4) is 0 Å². The molecule has 2 N–H and O–H groups in total. The number of carboxylic acids is 1. The summed E-state index contributed by atoms with van der Waals surface area (Å²) in [5.41, 5.74) is 3.55. The van der Waals surface area contributed by atoms with E-state index in [1.807, 2.05) is 26.0 Å². The Morgan fingerprint density at radius 2 is 1.76 bits per heavy atom. The van der Waals surface area contributed by atoms with E-state index in [2.05, 4.69) is 5.32 Å². The molecule has 0 saturated carbocycles. The first kappa shape index (κ1) is 18.8. The minimum atomic E-state index is -1.02. The molecule has 25 heavy (non-hydrogen) atoms. The van der Waals surface area contributed by atoms with E-state index in [0.717, 1.165) is 16.7 Å². The molecule has 0 bridgehead atoms. The molecule has 0 aromatic heterocycles. The second-order valence-electron chi connectivity index (χ2n) is 5.75. The van der Waals surface area contributed by atoms with Gasteiger partial charge in [-0.25, -0.2) is 4.79 Å². The molecule has 0 saturated heterocycles. The fraction of sp³-hybridized carbons (Fsp3) is 0.263. The minimum Gasteiger partial charge on any atom is -0.482 e. The molecule has 0 radical (unpaired) electrons. The first-order valence-corrected chi connectivity index (χ1v) is 8.23. The van der Waals surface area contributed by atoms with Crippen LogP contribution in [0.25, 0.3) is 0 Å². The molecule has 132 valence electrons. The molecule has 0 unspecified atom stereocenters. The standard InChI is InChI=1S/C19H20ClNO4/c1-12-9-16(17(20)10-13(12)2)19(24)21-8-7-14-3-5-15(6-4-14)25-11-18(22)23/h3-6,9-10H,7-8,11H2,1-2H3,(H,21,24)(H,22,23). The molecule has 2 aromatic carbocycles. The molecule has 0 spiro atoms. The zero-order valence-electron chi connectivity index (χ0n) is 14.1.